The minimum Gasteiger partial charge on any atom is -0.453 e. The van der Waals surface area contributed by atoms with E-state index in [9.17, 15) is 4.79 Å². The second kappa shape index (κ2) is 6.16. The topological polar surface area (TPSA) is 67.3 Å². The predicted molar refractivity (Wildman–Crippen MR) is 71.0 cm³/mol. The van der Waals surface area contributed by atoms with Crippen LogP contribution in [-0.2, 0) is 11.3 Å². The van der Waals surface area contributed by atoms with Crippen molar-refractivity contribution in [1.29, 1.82) is 0 Å². The average Bonchev–Trinajstić information content (AvgIpc) is 2.74. The fourth-order valence-corrected chi connectivity index (χ4v) is 2.43. The van der Waals surface area contributed by atoms with Crippen molar-refractivity contribution in [2.75, 3.05) is 20.2 Å². The quantitative estimate of drug-likeness (QED) is 0.849. The second-order valence-electron chi connectivity index (χ2n) is 4.60. The molecule has 1 fully saturated rings. The van der Waals surface area contributed by atoms with E-state index in [0.29, 0.717) is 17.5 Å². The minimum atomic E-state index is -0.387. The monoisotopic (exact) mass is 284 g/mol. The molecule has 19 heavy (non-hydrogen) atoms. The highest BCUT2D eigenvalue weighted by Crippen LogP contribution is 2.13. The lowest BCUT2D eigenvalue weighted by Crippen LogP contribution is -2.36. The fourth-order valence-electron chi connectivity index (χ4n) is 2.18. The summed E-state index contributed by atoms with van der Waals surface area (Å²) in [7, 11) is 1.37. The number of amides is 1. The van der Waals surface area contributed by atoms with Gasteiger partial charge in [0.2, 0.25) is 0 Å². The molecular weight excluding hydrogens is 268 g/mol. The number of aromatic nitrogens is 2. The molecule has 1 aliphatic heterocycles. The number of hydrogen-bond acceptors (Lipinski definition) is 5. The van der Waals surface area contributed by atoms with Crippen LogP contribution < -0.4 is 5.32 Å². The molecular formula is C12H17ClN4O2. The summed E-state index contributed by atoms with van der Waals surface area (Å²) < 4.78 is 4.59. The van der Waals surface area contributed by atoms with Crippen LogP contribution in [-0.4, -0.2) is 47.2 Å². The summed E-state index contributed by atoms with van der Waals surface area (Å²) in [4.78, 5) is 21.9. The van der Waals surface area contributed by atoms with Gasteiger partial charge in [-0.2, -0.15) is 0 Å². The smallest absolute Gasteiger partial charge is 0.407 e. The zero-order valence-electron chi connectivity index (χ0n) is 11.0. The Kier molecular flexibility index (Phi) is 4.55. The van der Waals surface area contributed by atoms with E-state index in [0.717, 1.165) is 25.2 Å². The van der Waals surface area contributed by atoms with Gasteiger partial charge >= 0.3 is 6.09 Å². The summed E-state index contributed by atoms with van der Waals surface area (Å²) in [5.74, 6) is 0.712. The summed E-state index contributed by atoms with van der Waals surface area (Å²) in [6, 6.07) is 1.85. The van der Waals surface area contributed by atoms with Crippen LogP contribution in [0.15, 0.2) is 6.07 Å². The van der Waals surface area contributed by atoms with Crippen LogP contribution in [0.5, 0.6) is 0 Å². The number of halogens is 1. The molecule has 0 aliphatic carbocycles. The first-order valence-electron chi connectivity index (χ1n) is 6.13. The van der Waals surface area contributed by atoms with E-state index in [1.807, 2.05) is 6.92 Å². The lowest BCUT2D eigenvalue weighted by molar-refractivity contribution is 0.166. The first-order valence-corrected chi connectivity index (χ1v) is 6.51. The highest BCUT2D eigenvalue weighted by Gasteiger charge is 2.24. The Morgan fingerprint density at radius 1 is 1.63 bits per heavy atom. The molecule has 0 bridgehead atoms. The maximum atomic E-state index is 11.1. The lowest BCUT2D eigenvalue weighted by atomic mass is 10.3. The van der Waals surface area contributed by atoms with Crippen molar-refractivity contribution in [3.8, 4) is 0 Å². The predicted octanol–water partition coefficient (Wildman–Crippen LogP) is 1.37. The van der Waals surface area contributed by atoms with Gasteiger partial charge in [0.1, 0.15) is 11.0 Å². The van der Waals surface area contributed by atoms with E-state index in [1.54, 1.807) is 6.07 Å². The summed E-state index contributed by atoms with van der Waals surface area (Å²) >= 11 is 5.91. The molecule has 6 nitrogen and oxygen atoms in total. The molecule has 1 aromatic heterocycles. The fraction of sp³-hybridized carbons (Fsp3) is 0.583. The largest absolute Gasteiger partial charge is 0.453 e. The van der Waals surface area contributed by atoms with E-state index in [2.05, 4.69) is 24.9 Å². The number of aryl methyl sites for hydroxylation is 1. The highest BCUT2D eigenvalue weighted by molar-refractivity contribution is 6.29. The molecule has 1 amide bonds. The lowest BCUT2D eigenvalue weighted by Gasteiger charge is -2.15. The number of rotatable bonds is 3. The van der Waals surface area contributed by atoms with Crippen LogP contribution in [0.4, 0.5) is 4.79 Å². The van der Waals surface area contributed by atoms with Gasteiger partial charge in [0.15, 0.2) is 0 Å². The average molecular weight is 285 g/mol. The second-order valence-corrected chi connectivity index (χ2v) is 4.99. The third-order valence-electron chi connectivity index (χ3n) is 3.01. The molecule has 104 valence electrons. The Morgan fingerprint density at radius 2 is 2.42 bits per heavy atom. The number of methoxy groups -OCH3 is 1. The van der Waals surface area contributed by atoms with E-state index in [1.165, 1.54) is 7.11 Å². The maximum Gasteiger partial charge on any atom is 0.407 e. The van der Waals surface area contributed by atoms with Gasteiger partial charge in [-0.3, -0.25) is 4.90 Å². The summed E-state index contributed by atoms with van der Waals surface area (Å²) in [5.41, 5.74) is 0.860. The highest BCUT2D eigenvalue weighted by atomic mass is 35.5. The normalized spacial score (nSPS) is 19.4. The Morgan fingerprint density at radius 3 is 3.11 bits per heavy atom. The number of carbonyl (C=O) groups is 1. The Hall–Kier alpha value is -1.40. The van der Waals surface area contributed by atoms with Crippen molar-refractivity contribution in [2.45, 2.75) is 25.9 Å². The standard InChI is InChI=1S/C12H17ClN4O2/c1-8-5-10(13)16-11(14-8)7-17-4-3-9(6-17)15-12(18)19-2/h5,9H,3-4,6-7H2,1-2H3,(H,15,18). The van der Waals surface area contributed by atoms with Crippen molar-refractivity contribution >= 4 is 17.7 Å². The van der Waals surface area contributed by atoms with Gasteiger partial charge in [0.05, 0.1) is 13.7 Å². The van der Waals surface area contributed by atoms with Crippen LogP contribution in [0.1, 0.15) is 17.9 Å². The van der Waals surface area contributed by atoms with Crippen LogP contribution >= 0.6 is 11.6 Å². The summed E-state index contributed by atoms with van der Waals surface area (Å²) in [5, 5.41) is 3.26. The van der Waals surface area contributed by atoms with Crippen LogP contribution in [0.3, 0.4) is 0 Å². The molecule has 0 spiro atoms. The molecule has 1 atom stereocenters. The van der Waals surface area contributed by atoms with Crippen LogP contribution in [0.2, 0.25) is 5.15 Å². The molecule has 1 aliphatic rings. The molecule has 0 saturated carbocycles. The number of ether oxygens (including phenoxy) is 1. The molecule has 2 heterocycles. The number of nitrogens with one attached hydrogen (secondary N) is 1. The van der Waals surface area contributed by atoms with Gasteiger partial charge in [-0.25, -0.2) is 14.8 Å². The van der Waals surface area contributed by atoms with Gasteiger partial charge in [-0.1, -0.05) is 11.6 Å². The SMILES string of the molecule is COC(=O)NC1CCN(Cc2nc(C)cc(Cl)n2)C1. The van der Waals surface area contributed by atoms with Crippen molar-refractivity contribution in [3.63, 3.8) is 0 Å². The van der Waals surface area contributed by atoms with E-state index in [-0.39, 0.29) is 12.1 Å². The Bertz CT molecular complexity index is 449. The van der Waals surface area contributed by atoms with Gasteiger partial charge in [-0.05, 0) is 19.4 Å². The molecule has 7 heteroatoms. The number of carbonyl (C=O) groups excluding carboxylic acids is 1. The molecule has 1 N–H and O–H groups in total. The van der Waals surface area contributed by atoms with Crippen molar-refractivity contribution < 1.29 is 9.53 Å². The number of likely N-dealkylation sites (tertiary alicyclic amines) is 1. The van der Waals surface area contributed by atoms with Gasteiger partial charge < -0.3 is 10.1 Å². The zero-order chi connectivity index (χ0) is 13.8. The van der Waals surface area contributed by atoms with Crippen molar-refractivity contribution in [3.05, 3.63) is 22.7 Å². The van der Waals surface area contributed by atoms with Crippen molar-refractivity contribution in [2.24, 2.45) is 0 Å². The van der Waals surface area contributed by atoms with Crippen LogP contribution in [0, 0.1) is 6.92 Å². The number of hydrogen-bond donors (Lipinski definition) is 1. The summed E-state index contributed by atoms with van der Waals surface area (Å²) in [6.45, 7) is 4.19. The molecule has 1 saturated heterocycles. The maximum absolute atomic E-state index is 11.1. The third-order valence-corrected chi connectivity index (χ3v) is 3.21. The minimum absolute atomic E-state index is 0.118. The van der Waals surface area contributed by atoms with Crippen molar-refractivity contribution in [1.82, 2.24) is 20.2 Å². The summed E-state index contributed by atoms with van der Waals surface area (Å²) in [6.07, 6.45) is 0.510. The molecule has 0 radical (unpaired) electrons. The van der Waals surface area contributed by atoms with Gasteiger partial charge in [-0.15, -0.1) is 0 Å². The third kappa shape index (κ3) is 4.04. The number of alkyl carbamates (subject to hydrolysis) is 1. The van der Waals surface area contributed by atoms with E-state index < -0.39 is 0 Å². The van der Waals surface area contributed by atoms with Gasteiger partial charge in [0.25, 0.3) is 0 Å². The first kappa shape index (κ1) is 14.0. The Balaban J connectivity index is 1.89. The van der Waals surface area contributed by atoms with E-state index in [4.69, 9.17) is 11.6 Å². The van der Waals surface area contributed by atoms with E-state index >= 15 is 0 Å². The van der Waals surface area contributed by atoms with Crippen LogP contribution in [0.25, 0.3) is 0 Å². The molecule has 1 unspecified atom stereocenters. The molecule has 0 aromatic carbocycles. The number of nitrogens with zero attached hydrogens (tertiary/aromatic N) is 3. The zero-order valence-corrected chi connectivity index (χ0v) is 11.8. The van der Waals surface area contributed by atoms with Gasteiger partial charge in [0, 0.05) is 24.8 Å². The first-order chi connectivity index (χ1) is 9.06. The molecule has 2 rings (SSSR count). The Labute approximate surface area is 117 Å². The molecule has 1 aromatic rings.